The number of hydrogen-bond acceptors (Lipinski definition) is 5. The van der Waals surface area contributed by atoms with Crippen LogP contribution in [-0.4, -0.2) is 33.1 Å². The number of benzene rings is 2. The molecule has 132 valence electrons. The lowest BCUT2D eigenvalue weighted by Crippen LogP contribution is -2.29. The summed E-state index contributed by atoms with van der Waals surface area (Å²) in [5, 5.41) is 4.72. The number of ether oxygens (including phenoxy) is 3. The Kier molecular flexibility index (Phi) is 5.78. The topological polar surface area (TPSA) is 85.9 Å². The van der Waals surface area contributed by atoms with Crippen LogP contribution in [0, 0.1) is 5.82 Å². The van der Waals surface area contributed by atoms with Crippen LogP contribution in [0.15, 0.2) is 36.4 Å². The summed E-state index contributed by atoms with van der Waals surface area (Å²) in [4.78, 5) is 24.0. The zero-order valence-electron chi connectivity index (χ0n) is 13.9. The van der Waals surface area contributed by atoms with Crippen LogP contribution < -0.4 is 24.8 Å². The molecule has 0 saturated carbocycles. The molecule has 0 bridgehead atoms. The van der Waals surface area contributed by atoms with Crippen molar-refractivity contribution >= 4 is 23.2 Å². The third-order valence-corrected chi connectivity index (χ3v) is 3.21. The van der Waals surface area contributed by atoms with Gasteiger partial charge >= 0.3 is 11.8 Å². The first-order valence-corrected chi connectivity index (χ1v) is 7.16. The van der Waals surface area contributed by atoms with E-state index in [0.717, 1.165) is 6.07 Å². The summed E-state index contributed by atoms with van der Waals surface area (Å²) < 4.78 is 28.6. The van der Waals surface area contributed by atoms with Gasteiger partial charge in [0.15, 0.2) is 11.5 Å². The Balaban J connectivity index is 2.15. The molecule has 0 aromatic heterocycles. The fraction of sp³-hybridized carbons (Fsp3) is 0.176. The summed E-state index contributed by atoms with van der Waals surface area (Å²) >= 11 is 0. The average molecular weight is 348 g/mol. The van der Waals surface area contributed by atoms with Gasteiger partial charge in [-0.15, -0.1) is 0 Å². The molecular formula is C17H17FN2O5. The Morgan fingerprint density at radius 3 is 1.88 bits per heavy atom. The van der Waals surface area contributed by atoms with E-state index < -0.39 is 17.6 Å². The monoisotopic (exact) mass is 348 g/mol. The number of amides is 2. The van der Waals surface area contributed by atoms with Crippen LogP contribution in [0.25, 0.3) is 0 Å². The van der Waals surface area contributed by atoms with E-state index >= 15 is 0 Å². The van der Waals surface area contributed by atoms with E-state index in [1.165, 1.54) is 51.7 Å². The second-order valence-electron chi connectivity index (χ2n) is 4.83. The Morgan fingerprint density at radius 2 is 1.40 bits per heavy atom. The largest absolute Gasteiger partial charge is 0.493 e. The summed E-state index contributed by atoms with van der Waals surface area (Å²) in [6.07, 6.45) is 0. The summed E-state index contributed by atoms with van der Waals surface area (Å²) in [5.74, 6) is -1.40. The SMILES string of the molecule is COc1cc(NC(=O)C(=O)Nc2cccc(F)c2)cc(OC)c1OC. The summed E-state index contributed by atoms with van der Waals surface area (Å²) in [5.41, 5.74) is 0.443. The number of hydrogen-bond donors (Lipinski definition) is 2. The van der Waals surface area contributed by atoms with E-state index in [9.17, 15) is 14.0 Å². The van der Waals surface area contributed by atoms with Gasteiger partial charge in [0.2, 0.25) is 5.75 Å². The molecule has 2 rings (SSSR count). The average Bonchev–Trinajstić information content (AvgIpc) is 2.60. The van der Waals surface area contributed by atoms with Crippen molar-refractivity contribution in [3.63, 3.8) is 0 Å². The predicted octanol–water partition coefficient (Wildman–Crippen LogP) is 2.43. The molecule has 0 aliphatic rings. The first kappa shape index (κ1) is 18.1. The fourth-order valence-electron chi connectivity index (χ4n) is 2.10. The number of methoxy groups -OCH3 is 3. The molecule has 8 heteroatoms. The van der Waals surface area contributed by atoms with Crippen molar-refractivity contribution in [2.45, 2.75) is 0 Å². The molecule has 0 atom stereocenters. The van der Waals surface area contributed by atoms with Crippen molar-refractivity contribution in [2.24, 2.45) is 0 Å². The third-order valence-electron chi connectivity index (χ3n) is 3.21. The number of carbonyl (C=O) groups excluding carboxylic acids is 2. The molecule has 0 fully saturated rings. The maximum Gasteiger partial charge on any atom is 0.314 e. The van der Waals surface area contributed by atoms with Gasteiger partial charge in [-0.25, -0.2) is 4.39 Å². The lowest BCUT2D eigenvalue weighted by molar-refractivity contribution is -0.133. The minimum atomic E-state index is -0.945. The van der Waals surface area contributed by atoms with Crippen LogP contribution in [0.5, 0.6) is 17.2 Å². The number of anilines is 2. The third kappa shape index (κ3) is 4.37. The molecule has 0 saturated heterocycles. The first-order valence-electron chi connectivity index (χ1n) is 7.16. The minimum absolute atomic E-state index is 0.171. The molecule has 0 spiro atoms. The van der Waals surface area contributed by atoms with Crippen LogP contribution in [0.3, 0.4) is 0 Å². The lowest BCUT2D eigenvalue weighted by Gasteiger charge is -2.14. The Bertz CT molecular complexity index is 769. The Hall–Kier alpha value is -3.29. The van der Waals surface area contributed by atoms with E-state index in [-0.39, 0.29) is 11.4 Å². The van der Waals surface area contributed by atoms with Gasteiger partial charge in [0.05, 0.1) is 21.3 Å². The summed E-state index contributed by atoms with van der Waals surface area (Å²) in [6.45, 7) is 0. The zero-order valence-corrected chi connectivity index (χ0v) is 13.9. The minimum Gasteiger partial charge on any atom is -0.493 e. The Labute approximate surface area is 143 Å². The van der Waals surface area contributed by atoms with E-state index in [0.29, 0.717) is 17.2 Å². The number of carbonyl (C=O) groups is 2. The highest BCUT2D eigenvalue weighted by atomic mass is 19.1. The fourth-order valence-corrected chi connectivity index (χ4v) is 2.10. The molecule has 25 heavy (non-hydrogen) atoms. The number of nitrogens with one attached hydrogen (secondary N) is 2. The van der Waals surface area contributed by atoms with Gasteiger partial charge < -0.3 is 24.8 Å². The van der Waals surface area contributed by atoms with E-state index in [4.69, 9.17) is 14.2 Å². The highest BCUT2D eigenvalue weighted by molar-refractivity contribution is 6.43. The highest BCUT2D eigenvalue weighted by Gasteiger charge is 2.18. The molecule has 2 aromatic rings. The van der Waals surface area contributed by atoms with Crippen LogP contribution in [-0.2, 0) is 9.59 Å². The molecule has 0 aliphatic carbocycles. The zero-order chi connectivity index (χ0) is 18.4. The quantitative estimate of drug-likeness (QED) is 0.811. The van der Waals surface area contributed by atoms with Gasteiger partial charge in [-0.3, -0.25) is 9.59 Å². The number of rotatable bonds is 5. The lowest BCUT2D eigenvalue weighted by atomic mass is 10.2. The maximum atomic E-state index is 13.1. The van der Waals surface area contributed by atoms with Crippen molar-refractivity contribution in [3.8, 4) is 17.2 Å². The molecule has 0 aliphatic heterocycles. The van der Waals surface area contributed by atoms with Crippen molar-refractivity contribution in [2.75, 3.05) is 32.0 Å². The van der Waals surface area contributed by atoms with Crippen molar-refractivity contribution in [3.05, 3.63) is 42.2 Å². The van der Waals surface area contributed by atoms with Gasteiger partial charge in [-0.05, 0) is 18.2 Å². The van der Waals surface area contributed by atoms with Crippen LogP contribution in [0.2, 0.25) is 0 Å². The van der Waals surface area contributed by atoms with E-state index in [1.807, 2.05) is 0 Å². The smallest absolute Gasteiger partial charge is 0.314 e. The second kappa shape index (κ2) is 8.00. The van der Waals surface area contributed by atoms with Crippen molar-refractivity contribution in [1.29, 1.82) is 0 Å². The maximum absolute atomic E-state index is 13.1. The molecular weight excluding hydrogens is 331 g/mol. The van der Waals surface area contributed by atoms with Crippen molar-refractivity contribution in [1.82, 2.24) is 0 Å². The summed E-state index contributed by atoms with van der Waals surface area (Å²) in [7, 11) is 4.31. The van der Waals surface area contributed by atoms with Crippen molar-refractivity contribution < 1.29 is 28.2 Å². The molecule has 2 aromatic carbocycles. The van der Waals surface area contributed by atoms with E-state index in [1.54, 1.807) is 0 Å². The van der Waals surface area contributed by atoms with E-state index in [2.05, 4.69) is 10.6 Å². The molecule has 0 heterocycles. The van der Waals surface area contributed by atoms with Gasteiger partial charge in [0.25, 0.3) is 0 Å². The van der Waals surface area contributed by atoms with Gasteiger partial charge in [-0.2, -0.15) is 0 Å². The molecule has 0 radical (unpaired) electrons. The molecule has 7 nitrogen and oxygen atoms in total. The Morgan fingerprint density at radius 1 is 0.840 bits per heavy atom. The predicted molar refractivity (Wildman–Crippen MR) is 89.8 cm³/mol. The first-order chi connectivity index (χ1) is 12.0. The van der Waals surface area contributed by atoms with Gasteiger partial charge in [0.1, 0.15) is 5.82 Å². The molecule has 2 N–H and O–H groups in total. The van der Waals surface area contributed by atoms with Gasteiger partial charge in [-0.1, -0.05) is 6.07 Å². The number of halogens is 1. The summed E-state index contributed by atoms with van der Waals surface area (Å²) in [6, 6.07) is 8.18. The second-order valence-corrected chi connectivity index (χ2v) is 4.83. The van der Waals surface area contributed by atoms with Crippen LogP contribution >= 0.6 is 0 Å². The van der Waals surface area contributed by atoms with Crippen LogP contribution in [0.4, 0.5) is 15.8 Å². The van der Waals surface area contributed by atoms with Gasteiger partial charge in [0, 0.05) is 23.5 Å². The standard InChI is InChI=1S/C17H17FN2O5/c1-23-13-8-12(9-14(24-2)15(13)25-3)20-17(22)16(21)19-11-6-4-5-10(18)7-11/h4-9H,1-3H3,(H,19,21)(H,20,22). The molecule has 0 unspecified atom stereocenters. The molecule has 2 amide bonds. The highest BCUT2D eigenvalue weighted by Crippen LogP contribution is 2.39. The van der Waals surface area contributed by atoms with Crippen LogP contribution in [0.1, 0.15) is 0 Å². The normalized spacial score (nSPS) is 9.92.